The number of allylic oxidation sites excluding steroid dienone is 6. The van der Waals surface area contributed by atoms with Crippen LogP contribution in [0, 0.1) is 10.8 Å². The van der Waals surface area contributed by atoms with Crippen molar-refractivity contribution in [3.05, 3.63) is 47.1 Å². The molecule has 0 aromatic carbocycles. The first-order chi connectivity index (χ1) is 17.7. The van der Waals surface area contributed by atoms with Gasteiger partial charge >= 0.3 is 0 Å². The Labute approximate surface area is 235 Å². The van der Waals surface area contributed by atoms with Crippen LogP contribution in [0.4, 0.5) is 0 Å². The van der Waals surface area contributed by atoms with Crippen molar-refractivity contribution in [2.24, 2.45) is 10.8 Å². The lowest BCUT2D eigenvalue weighted by atomic mass is 9.82. The third-order valence-corrected chi connectivity index (χ3v) is 7.39. The monoisotopic (exact) mass is 526 g/mol. The average molecular weight is 527 g/mol. The summed E-state index contributed by atoms with van der Waals surface area (Å²) in [6.45, 7) is 17.2. The molecule has 0 N–H and O–H groups in total. The largest absolute Gasteiger partial charge is 0.354 e. The molecule has 0 aliphatic heterocycles. The van der Waals surface area contributed by atoms with Gasteiger partial charge < -0.3 is 9.80 Å². The van der Waals surface area contributed by atoms with Crippen molar-refractivity contribution in [2.45, 2.75) is 132 Å². The minimum Gasteiger partial charge on any atom is -0.354 e. The quantitative estimate of drug-likeness (QED) is 0.148. The first-order valence-corrected chi connectivity index (χ1v) is 15.1. The number of hydrogen-bond donors (Lipinski definition) is 0. The standard InChI is InChI=1S/C34H58N2O2/c1-11-13-15-17-19-31(37)29(33(3,4)5)25-35(9)27-21-23-28(24-22-27)36(10)26-30(34(6,7)8)32(38)20-18-16-14-12-2/h21,23,25-26H,11-20,22,24H2,1-10H3/b29-25-,30-26-. The van der Waals surface area contributed by atoms with Crippen LogP contribution in [-0.2, 0) is 9.59 Å². The van der Waals surface area contributed by atoms with Gasteiger partial charge in [-0.3, -0.25) is 9.59 Å². The number of nitrogens with zero attached hydrogens (tertiary/aromatic N) is 2. The highest BCUT2D eigenvalue weighted by Gasteiger charge is 2.26. The fourth-order valence-corrected chi connectivity index (χ4v) is 4.82. The van der Waals surface area contributed by atoms with Crippen molar-refractivity contribution < 1.29 is 9.59 Å². The number of ketones is 2. The van der Waals surface area contributed by atoms with Crippen LogP contribution < -0.4 is 0 Å². The molecule has 0 unspecified atom stereocenters. The molecule has 0 aromatic heterocycles. The average Bonchev–Trinajstić information content (AvgIpc) is 2.84. The Kier molecular flexibility index (Phi) is 14.4. The van der Waals surface area contributed by atoms with E-state index in [1.165, 1.54) is 37.1 Å². The molecule has 0 saturated heterocycles. The van der Waals surface area contributed by atoms with E-state index in [0.717, 1.165) is 49.7 Å². The fraction of sp³-hybridized carbons (Fsp3) is 0.706. The Bertz CT molecular complexity index is 816. The van der Waals surface area contributed by atoms with Crippen molar-refractivity contribution in [1.82, 2.24) is 9.80 Å². The van der Waals surface area contributed by atoms with Crippen LogP contribution in [0.25, 0.3) is 0 Å². The molecule has 1 rings (SSSR count). The van der Waals surface area contributed by atoms with Gasteiger partial charge in [0.15, 0.2) is 11.6 Å². The molecule has 0 aromatic rings. The van der Waals surface area contributed by atoms with Gasteiger partial charge in [-0.1, -0.05) is 93.9 Å². The summed E-state index contributed by atoms with van der Waals surface area (Å²) >= 11 is 0. The van der Waals surface area contributed by atoms with Crippen LogP contribution in [0.15, 0.2) is 47.1 Å². The first kappa shape index (κ1) is 33.9. The summed E-state index contributed by atoms with van der Waals surface area (Å²) in [5.41, 5.74) is 3.83. The van der Waals surface area contributed by atoms with E-state index < -0.39 is 0 Å². The highest BCUT2D eigenvalue weighted by atomic mass is 16.1. The van der Waals surface area contributed by atoms with Crippen LogP contribution in [0.1, 0.15) is 132 Å². The van der Waals surface area contributed by atoms with Crippen LogP contribution in [0.3, 0.4) is 0 Å². The highest BCUT2D eigenvalue weighted by molar-refractivity contribution is 5.96. The molecule has 0 amide bonds. The number of Topliss-reactive ketones (excluding diaryl/α,β-unsaturated/α-hetero) is 2. The Morgan fingerprint density at radius 3 is 1.26 bits per heavy atom. The normalized spacial score (nSPS) is 15.2. The fourth-order valence-electron chi connectivity index (χ4n) is 4.82. The van der Waals surface area contributed by atoms with E-state index in [9.17, 15) is 9.59 Å². The third-order valence-electron chi connectivity index (χ3n) is 7.39. The van der Waals surface area contributed by atoms with Gasteiger partial charge in [0.2, 0.25) is 0 Å². The van der Waals surface area contributed by atoms with E-state index in [1.807, 2.05) is 0 Å². The van der Waals surface area contributed by atoms with Gasteiger partial charge in [-0.05, 0) is 48.7 Å². The zero-order chi connectivity index (χ0) is 28.9. The molecular formula is C34H58N2O2. The van der Waals surface area contributed by atoms with Gasteiger partial charge in [-0.15, -0.1) is 0 Å². The predicted molar refractivity (Wildman–Crippen MR) is 164 cm³/mol. The number of rotatable bonds is 16. The third kappa shape index (κ3) is 11.7. The van der Waals surface area contributed by atoms with E-state index in [2.05, 4.69) is 104 Å². The van der Waals surface area contributed by atoms with Crippen LogP contribution in [0.5, 0.6) is 0 Å². The summed E-state index contributed by atoms with van der Waals surface area (Å²) in [5.74, 6) is 0.541. The molecule has 4 nitrogen and oxygen atoms in total. The molecular weight excluding hydrogens is 468 g/mol. The van der Waals surface area contributed by atoms with Crippen molar-refractivity contribution >= 4 is 11.6 Å². The zero-order valence-electron chi connectivity index (χ0n) is 26.5. The summed E-state index contributed by atoms with van der Waals surface area (Å²) < 4.78 is 0. The summed E-state index contributed by atoms with van der Waals surface area (Å²) in [4.78, 5) is 30.4. The van der Waals surface area contributed by atoms with Crippen LogP contribution >= 0.6 is 0 Å². The first-order valence-electron chi connectivity index (χ1n) is 15.1. The van der Waals surface area contributed by atoms with Gasteiger partial charge in [0.1, 0.15) is 0 Å². The van der Waals surface area contributed by atoms with E-state index in [-0.39, 0.29) is 22.4 Å². The van der Waals surface area contributed by atoms with Crippen LogP contribution in [0.2, 0.25) is 0 Å². The number of carbonyl (C=O) groups is 2. The molecule has 1 aliphatic rings. The molecule has 0 saturated carbocycles. The topological polar surface area (TPSA) is 40.6 Å². The maximum absolute atomic E-state index is 13.1. The molecule has 0 heterocycles. The molecule has 0 atom stereocenters. The molecule has 216 valence electrons. The van der Waals surface area contributed by atoms with Gasteiger partial charge in [-0.2, -0.15) is 0 Å². The Morgan fingerprint density at radius 2 is 1.00 bits per heavy atom. The van der Waals surface area contributed by atoms with E-state index in [1.54, 1.807) is 0 Å². The Morgan fingerprint density at radius 1 is 0.658 bits per heavy atom. The minimum atomic E-state index is -0.191. The molecule has 38 heavy (non-hydrogen) atoms. The van der Waals surface area contributed by atoms with Crippen molar-refractivity contribution in [3.63, 3.8) is 0 Å². The highest BCUT2D eigenvalue weighted by Crippen LogP contribution is 2.32. The second kappa shape index (κ2) is 16.1. The van der Waals surface area contributed by atoms with Gasteiger partial charge in [0, 0.05) is 61.9 Å². The van der Waals surface area contributed by atoms with Crippen molar-refractivity contribution in [2.75, 3.05) is 14.1 Å². The summed E-state index contributed by atoms with van der Waals surface area (Å²) in [6.07, 6.45) is 20.4. The van der Waals surface area contributed by atoms with Gasteiger partial charge in [-0.25, -0.2) is 0 Å². The smallest absolute Gasteiger partial charge is 0.160 e. The maximum Gasteiger partial charge on any atom is 0.160 e. The van der Waals surface area contributed by atoms with E-state index >= 15 is 0 Å². The molecule has 4 heteroatoms. The van der Waals surface area contributed by atoms with Crippen LogP contribution in [-0.4, -0.2) is 35.5 Å². The van der Waals surface area contributed by atoms with Crippen molar-refractivity contribution in [3.8, 4) is 0 Å². The Hall–Kier alpha value is -2.10. The summed E-state index contributed by atoms with van der Waals surface area (Å²) in [7, 11) is 4.11. The summed E-state index contributed by atoms with van der Waals surface area (Å²) in [5, 5.41) is 0. The predicted octanol–water partition coefficient (Wildman–Crippen LogP) is 9.35. The van der Waals surface area contributed by atoms with E-state index in [0.29, 0.717) is 12.8 Å². The minimum absolute atomic E-state index is 0.191. The van der Waals surface area contributed by atoms with Crippen molar-refractivity contribution in [1.29, 1.82) is 0 Å². The second-order valence-corrected chi connectivity index (χ2v) is 13.1. The second-order valence-electron chi connectivity index (χ2n) is 13.1. The molecule has 0 fully saturated rings. The number of hydrogen-bond acceptors (Lipinski definition) is 4. The number of carbonyl (C=O) groups excluding carboxylic acids is 2. The lowest BCUT2D eigenvalue weighted by molar-refractivity contribution is -0.117. The molecule has 0 bridgehead atoms. The van der Waals surface area contributed by atoms with Gasteiger partial charge in [0.25, 0.3) is 0 Å². The zero-order valence-corrected chi connectivity index (χ0v) is 26.5. The van der Waals surface area contributed by atoms with E-state index in [4.69, 9.17) is 0 Å². The Balaban J connectivity index is 3.03. The lowest BCUT2D eigenvalue weighted by Gasteiger charge is -2.30. The lowest BCUT2D eigenvalue weighted by Crippen LogP contribution is -2.24. The SMILES string of the molecule is CCCCCCC(=O)/C(=C/N(C)C1=CC=C(N(C)/C=C(/C(=O)CCCCCC)C(C)(C)C)CC1)C(C)(C)C. The maximum atomic E-state index is 13.1. The molecule has 0 spiro atoms. The molecule has 0 radical (unpaired) electrons. The van der Waals surface area contributed by atoms with Gasteiger partial charge in [0.05, 0.1) is 0 Å². The summed E-state index contributed by atoms with van der Waals surface area (Å²) in [6, 6.07) is 0. The molecule has 1 aliphatic carbocycles. The number of unbranched alkanes of at least 4 members (excludes halogenated alkanes) is 6.